The van der Waals surface area contributed by atoms with E-state index in [2.05, 4.69) is 10.6 Å². The lowest BCUT2D eigenvalue weighted by molar-refractivity contribution is -0.151. The van der Waals surface area contributed by atoms with Crippen LogP contribution in [0.4, 0.5) is 0 Å². The van der Waals surface area contributed by atoms with Crippen LogP contribution in [0, 0.1) is 16.7 Å². The van der Waals surface area contributed by atoms with Crippen LogP contribution in [0.5, 0.6) is 0 Å². The maximum absolute atomic E-state index is 13.9. The molecule has 0 spiro atoms. The number of nitriles is 1. The third kappa shape index (κ3) is 3.79. The minimum absolute atomic E-state index is 0.103. The number of hydrogen-bond acceptors (Lipinski definition) is 6. The van der Waals surface area contributed by atoms with Gasteiger partial charge in [0, 0.05) is 29.6 Å². The molecule has 0 radical (unpaired) electrons. The Balaban J connectivity index is 1.46. The van der Waals surface area contributed by atoms with Gasteiger partial charge in [0.2, 0.25) is 15.9 Å². The molecule has 2 N–H and O–H groups in total. The summed E-state index contributed by atoms with van der Waals surface area (Å²) in [6, 6.07) is 14.8. The largest absolute Gasteiger partial charge is 0.366 e. The molecule has 1 aliphatic heterocycles. The molecule has 1 amide bonds. The second-order valence-corrected chi connectivity index (χ2v) is 13.0. The molecule has 3 fully saturated rings. The second kappa shape index (κ2) is 8.30. The van der Waals surface area contributed by atoms with Crippen molar-refractivity contribution >= 4 is 33.4 Å². The van der Waals surface area contributed by atoms with Crippen LogP contribution in [0.25, 0.3) is 0 Å². The zero-order valence-electron chi connectivity index (χ0n) is 20.4. The molecule has 4 aliphatic rings. The summed E-state index contributed by atoms with van der Waals surface area (Å²) >= 11 is 6.05. The topological polar surface area (TPSA) is 115 Å². The van der Waals surface area contributed by atoms with Crippen LogP contribution in [-0.4, -0.2) is 48.6 Å². The summed E-state index contributed by atoms with van der Waals surface area (Å²) in [5, 5.41) is 16.0. The van der Waals surface area contributed by atoms with Crippen molar-refractivity contribution in [2.75, 3.05) is 7.05 Å². The number of sulfonamides is 1. The van der Waals surface area contributed by atoms with Crippen molar-refractivity contribution < 1.29 is 13.2 Å². The van der Waals surface area contributed by atoms with Crippen LogP contribution < -0.4 is 10.6 Å². The normalized spacial score (nSPS) is 27.8. The lowest BCUT2D eigenvalue weighted by Gasteiger charge is -2.73. The number of nitrogens with zero attached hydrogens (tertiary/aromatic N) is 3. The Labute approximate surface area is 216 Å². The van der Waals surface area contributed by atoms with Gasteiger partial charge in [-0.15, -0.1) is 0 Å². The Kier molecular flexibility index (Phi) is 5.71. The molecule has 0 unspecified atom stereocenters. The number of rotatable bonds is 7. The van der Waals surface area contributed by atoms with E-state index in [4.69, 9.17) is 16.6 Å². The quantitative estimate of drug-likeness (QED) is 0.576. The van der Waals surface area contributed by atoms with Gasteiger partial charge in [0.05, 0.1) is 22.1 Å². The van der Waals surface area contributed by atoms with E-state index in [0.29, 0.717) is 29.8 Å². The third-order valence-corrected chi connectivity index (χ3v) is 9.90. The highest BCUT2D eigenvalue weighted by atomic mass is 35.5. The van der Waals surface area contributed by atoms with Crippen molar-refractivity contribution in [1.29, 1.82) is 5.26 Å². The SMILES string of the molecule is CNC(=O)[C@@H]1N=C(C23CC(N(Cc4ccc(Cl)cc4)S(=O)(=O)c4cccc(C#N)c4)(C2)C3)NC1(C)C. The molecule has 2 bridgehead atoms. The molecule has 3 aliphatic carbocycles. The second-order valence-electron chi connectivity index (χ2n) is 10.7. The molecule has 1 heterocycles. The highest BCUT2D eigenvalue weighted by Gasteiger charge is 2.75. The van der Waals surface area contributed by atoms with E-state index in [1.165, 1.54) is 12.1 Å². The number of aliphatic imine (C=N–C) groups is 1. The van der Waals surface area contributed by atoms with Gasteiger partial charge < -0.3 is 10.6 Å². The Morgan fingerprint density at radius 3 is 2.50 bits per heavy atom. The van der Waals surface area contributed by atoms with Gasteiger partial charge in [-0.1, -0.05) is 29.8 Å². The van der Waals surface area contributed by atoms with Crippen LogP contribution >= 0.6 is 11.6 Å². The number of nitrogens with one attached hydrogen (secondary N) is 2. The maximum Gasteiger partial charge on any atom is 0.247 e. The third-order valence-electron chi connectivity index (χ3n) is 7.70. The summed E-state index contributed by atoms with van der Waals surface area (Å²) < 4.78 is 29.5. The summed E-state index contributed by atoms with van der Waals surface area (Å²) in [5.41, 5.74) is -0.216. The summed E-state index contributed by atoms with van der Waals surface area (Å²) in [6.07, 6.45) is 1.85. The molecular weight excluding hydrogens is 498 g/mol. The lowest BCUT2D eigenvalue weighted by Crippen LogP contribution is -2.78. The minimum Gasteiger partial charge on any atom is -0.366 e. The Bertz CT molecular complexity index is 1390. The van der Waals surface area contributed by atoms with Gasteiger partial charge in [-0.3, -0.25) is 9.79 Å². The van der Waals surface area contributed by atoms with E-state index in [0.717, 1.165) is 11.4 Å². The first-order valence-electron chi connectivity index (χ1n) is 11.8. The zero-order chi connectivity index (χ0) is 25.9. The fraction of sp³-hybridized carbons (Fsp3) is 0.423. The minimum atomic E-state index is -3.90. The lowest BCUT2D eigenvalue weighted by atomic mass is 9.38. The van der Waals surface area contributed by atoms with Gasteiger partial charge in [-0.05, 0) is 69.0 Å². The summed E-state index contributed by atoms with van der Waals surface area (Å²) in [4.78, 5) is 17.2. The smallest absolute Gasteiger partial charge is 0.247 e. The Hall–Kier alpha value is -2.93. The number of halogens is 1. The number of carbonyl (C=O) groups excluding carboxylic acids is 1. The van der Waals surface area contributed by atoms with Crippen molar-refractivity contribution in [3.8, 4) is 6.07 Å². The number of amidine groups is 1. The first kappa shape index (κ1) is 24.8. The average Bonchev–Trinajstić information content (AvgIpc) is 3.12. The molecule has 188 valence electrons. The van der Waals surface area contributed by atoms with E-state index in [-0.39, 0.29) is 22.8 Å². The molecule has 2 aromatic rings. The van der Waals surface area contributed by atoms with Gasteiger partial charge >= 0.3 is 0 Å². The van der Waals surface area contributed by atoms with E-state index in [1.54, 1.807) is 35.6 Å². The van der Waals surface area contributed by atoms with Crippen LogP contribution in [0.3, 0.4) is 0 Å². The highest BCUT2D eigenvalue weighted by Crippen LogP contribution is 2.71. The molecule has 36 heavy (non-hydrogen) atoms. The van der Waals surface area contributed by atoms with E-state index in [1.807, 2.05) is 32.0 Å². The van der Waals surface area contributed by atoms with Crippen LogP contribution in [0.2, 0.25) is 5.02 Å². The maximum atomic E-state index is 13.9. The molecule has 6 rings (SSSR count). The van der Waals surface area contributed by atoms with Crippen molar-refractivity contribution in [2.24, 2.45) is 10.4 Å². The standard InChI is InChI=1S/C26H28ClN5O3S/c1-24(2)21(22(33)29-3)30-23(31-24)25-14-26(15-25,16-25)32(13-17-7-9-19(27)10-8-17)36(34,35)20-6-4-5-18(11-20)12-28/h4-11,21H,13-16H2,1-3H3,(H,29,33)(H,30,31)/t21-,25?,26?/m0/s1. The predicted octanol–water partition coefficient (Wildman–Crippen LogP) is 3.22. The van der Waals surface area contributed by atoms with Crippen LogP contribution in [0.1, 0.15) is 44.2 Å². The van der Waals surface area contributed by atoms with Crippen LogP contribution in [0.15, 0.2) is 58.4 Å². The molecule has 0 saturated heterocycles. The van der Waals surface area contributed by atoms with Crippen LogP contribution in [-0.2, 0) is 21.4 Å². The van der Waals surface area contributed by atoms with E-state index < -0.39 is 27.1 Å². The number of likely N-dealkylation sites (N-methyl/N-ethyl adjacent to an activating group) is 1. The Morgan fingerprint density at radius 1 is 1.22 bits per heavy atom. The molecule has 8 nitrogen and oxygen atoms in total. The van der Waals surface area contributed by atoms with Gasteiger partial charge in [0.15, 0.2) is 6.04 Å². The molecular formula is C26H28ClN5O3S. The highest BCUT2D eigenvalue weighted by molar-refractivity contribution is 7.89. The summed E-state index contributed by atoms with van der Waals surface area (Å²) in [7, 11) is -2.30. The molecule has 0 aromatic heterocycles. The number of amides is 1. The fourth-order valence-corrected chi connectivity index (χ4v) is 7.78. The first-order valence-corrected chi connectivity index (χ1v) is 13.6. The van der Waals surface area contributed by atoms with E-state index in [9.17, 15) is 18.5 Å². The molecule has 1 atom stereocenters. The molecule has 10 heteroatoms. The van der Waals surface area contributed by atoms with E-state index >= 15 is 0 Å². The van der Waals surface area contributed by atoms with Gasteiger partial charge in [0.25, 0.3) is 0 Å². The molecule has 2 aromatic carbocycles. The summed E-state index contributed by atoms with van der Waals surface area (Å²) in [5.74, 6) is 0.645. The van der Waals surface area contributed by atoms with Crippen molar-refractivity contribution in [3.05, 3.63) is 64.7 Å². The summed E-state index contributed by atoms with van der Waals surface area (Å²) in [6.45, 7) is 4.09. The zero-order valence-corrected chi connectivity index (χ0v) is 21.9. The predicted molar refractivity (Wildman–Crippen MR) is 137 cm³/mol. The van der Waals surface area contributed by atoms with Crippen molar-refractivity contribution in [3.63, 3.8) is 0 Å². The Morgan fingerprint density at radius 2 is 1.89 bits per heavy atom. The van der Waals surface area contributed by atoms with Gasteiger partial charge in [-0.2, -0.15) is 9.57 Å². The number of carbonyl (C=O) groups is 1. The number of benzene rings is 2. The van der Waals surface area contributed by atoms with Gasteiger partial charge in [0.1, 0.15) is 5.84 Å². The van der Waals surface area contributed by atoms with Crippen molar-refractivity contribution in [2.45, 2.75) is 61.7 Å². The average molecular weight is 526 g/mol. The monoisotopic (exact) mass is 525 g/mol. The molecule has 3 saturated carbocycles. The fourth-order valence-electron chi connectivity index (χ4n) is 5.86. The number of hydrogen-bond donors (Lipinski definition) is 2. The van der Waals surface area contributed by atoms with Crippen molar-refractivity contribution in [1.82, 2.24) is 14.9 Å². The van der Waals surface area contributed by atoms with Gasteiger partial charge in [-0.25, -0.2) is 8.42 Å². The first-order chi connectivity index (χ1) is 16.9.